The van der Waals surface area contributed by atoms with E-state index >= 15 is 0 Å². The maximum Gasteiger partial charge on any atom is 0.224 e. The molecule has 0 saturated heterocycles. The number of halogens is 1. The highest BCUT2D eigenvalue weighted by Crippen LogP contribution is 2.17. The Labute approximate surface area is 136 Å². The number of rotatable bonds is 6. The van der Waals surface area contributed by atoms with Gasteiger partial charge in [-0.25, -0.2) is 0 Å². The fraction of sp³-hybridized carbons (Fsp3) is 0.312. The number of hydrogen-bond donors (Lipinski definition) is 2. The molecule has 1 heterocycles. The summed E-state index contributed by atoms with van der Waals surface area (Å²) in [5.74, 6) is 0.0432. The molecule has 0 bridgehead atoms. The van der Waals surface area contributed by atoms with Crippen molar-refractivity contribution in [1.82, 2.24) is 5.32 Å². The number of nitrogens with one attached hydrogen (secondary N) is 2. The number of benzene rings is 1. The van der Waals surface area contributed by atoms with E-state index in [2.05, 4.69) is 47.2 Å². The Kier molecular flexibility index (Phi) is 7.43. The summed E-state index contributed by atoms with van der Waals surface area (Å²) in [5, 5.41) is 8.44. The number of thiophene rings is 1. The zero-order valence-electron chi connectivity index (χ0n) is 12.3. The summed E-state index contributed by atoms with van der Waals surface area (Å²) in [6.07, 6.45) is 0.501. The van der Waals surface area contributed by atoms with E-state index in [1.165, 1.54) is 10.4 Å². The molecule has 114 valence electrons. The molecule has 1 amide bonds. The maximum absolute atomic E-state index is 11.3. The highest BCUT2D eigenvalue weighted by molar-refractivity contribution is 7.09. The predicted octanol–water partition coefficient (Wildman–Crippen LogP) is 4.37. The van der Waals surface area contributed by atoms with Crippen LogP contribution in [0.5, 0.6) is 0 Å². The van der Waals surface area contributed by atoms with Crippen LogP contribution in [0.3, 0.4) is 0 Å². The highest BCUT2D eigenvalue weighted by atomic mass is 35.5. The molecule has 2 rings (SSSR count). The van der Waals surface area contributed by atoms with Gasteiger partial charge in [0, 0.05) is 29.6 Å². The second-order valence-corrected chi connectivity index (χ2v) is 5.74. The average Bonchev–Trinajstić information content (AvgIpc) is 2.98. The monoisotopic (exact) mass is 324 g/mol. The van der Waals surface area contributed by atoms with Crippen molar-refractivity contribution in [3.8, 4) is 0 Å². The van der Waals surface area contributed by atoms with Gasteiger partial charge in [-0.2, -0.15) is 0 Å². The first-order valence-electron chi connectivity index (χ1n) is 6.84. The fourth-order valence-corrected chi connectivity index (χ4v) is 2.54. The predicted molar refractivity (Wildman–Crippen MR) is 92.2 cm³/mol. The Bertz CT molecular complexity index is 540. The van der Waals surface area contributed by atoms with E-state index < -0.39 is 0 Å². The first kappa shape index (κ1) is 17.7. The SMILES string of the molecule is CCC(=O)Nc1ccc(C(C)NCc2cccs2)cc1.Cl. The zero-order valence-corrected chi connectivity index (χ0v) is 13.9. The van der Waals surface area contributed by atoms with Crippen LogP contribution in [0.1, 0.15) is 36.8 Å². The van der Waals surface area contributed by atoms with Crippen molar-refractivity contribution in [1.29, 1.82) is 0 Å². The summed E-state index contributed by atoms with van der Waals surface area (Å²) in [5.41, 5.74) is 2.07. The molecule has 0 aliphatic carbocycles. The lowest BCUT2D eigenvalue weighted by Gasteiger charge is -2.14. The van der Waals surface area contributed by atoms with Gasteiger partial charge >= 0.3 is 0 Å². The molecule has 1 atom stereocenters. The smallest absolute Gasteiger partial charge is 0.224 e. The average molecular weight is 325 g/mol. The van der Waals surface area contributed by atoms with Crippen molar-refractivity contribution in [3.63, 3.8) is 0 Å². The Morgan fingerprint density at radius 3 is 2.52 bits per heavy atom. The van der Waals surface area contributed by atoms with Gasteiger partial charge in [0.2, 0.25) is 5.91 Å². The summed E-state index contributed by atoms with van der Waals surface area (Å²) in [7, 11) is 0. The molecule has 1 aromatic carbocycles. The summed E-state index contributed by atoms with van der Waals surface area (Å²) in [6.45, 7) is 4.88. The van der Waals surface area contributed by atoms with Crippen LogP contribution in [0, 0.1) is 0 Å². The quantitative estimate of drug-likeness (QED) is 0.828. The molecule has 0 fully saturated rings. The van der Waals surface area contributed by atoms with Gasteiger partial charge in [-0.3, -0.25) is 4.79 Å². The van der Waals surface area contributed by atoms with Crippen LogP contribution in [0.15, 0.2) is 41.8 Å². The Morgan fingerprint density at radius 2 is 1.95 bits per heavy atom. The Balaban J connectivity index is 0.00000220. The van der Waals surface area contributed by atoms with Crippen LogP contribution in [0.2, 0.25) is 0 Å². The van der Waals surface area contributed by atoms with E-state index in [0.717, 1.165) is 12.2 Å². The van der Waals surface area contributed by atoms with Gasteiger partial charge < -0.3 is 10.6 Å². The molecule has 1 aromatic heterocycles. The lowest BCUT2D eigenvalue weighted by molar-refractivity contribution is -0.115. The normalized spacial score (nSPS) is 11.5. The minimum absolute atomic E-state index is 0. The molecule has 0 spiro atoms. The number of carbonyl (C=O) groups excluding carboxylic acids is 1. The van der Waals surface area contributed by atoms with Crippen LogP contribution in [-0.2, 0) is 11.3 Å². The first-order valence-corrected chi connectivity index (χ1v) is 7.72. The summed E-state index contributed by atoms with van der Waals surface area (Å²) in [6, 6.07) is 12.5. The number of amides is 1. The van der Waals surface area contributed by atoms with Crippen molar-refractivity contribution < 1.29 is 4.79 Å². The van der Waals surface area contributed by atoms with E-state index in [9.17, 15) is 4.79 Å². The van der Waals surface area contributed by atoms with Crippen molar-refractivity contribution >= 4 is 35.3 Å². The number of anilines is 1. The van der Waals surface area contributed by atoms with Crippen molar-refractivity contribution in [2.45, 2.75) is 32.9 Å². The molecule has 5 heteroatoms. The molecular formula is C16H21ClN2OS. The van der Waals surface area contributed by atoms with Gasteiger partial charge in [0.05, 0.1) is 0 Å². The fourth-order valence-electron chi connectivity index (χ4n) is 1.89. The second-order valence-electron chi connectivity index (χ2n) is 4.71. The molecule has 1 unspecified atom stereocenters. The summed E-state index contributed by atoms with van der Waals surface area (Å²) < 4.78 is 0. The Hall–Kier alpha value is -1.36. The van der Waals surface area contributed by atoms with Gasteiger partial charge in [-0.15, -0.1) is 23.7 Å². The van der Waals surface area contributed by atoms with E-state index in [4.69, 9.17) is 0 Å². The third-order valence-corrected chi connectivity index (χ3v) is 4.05. The molecular weight excluding hydrogens is 304 g/mol. The molecule has 21 heavy (non-hydrogen) atoms. The van der Waals surface area contributed by atoms with Crippen LogP contribution in [-0.4, -0.2) is 5.91 Å². The van der Waals surface area contributed by atoms with Crippen molar-refractivity contribution in [3.05, 3.63) is 52.2 Å². The van der Waals surface area contributed by atoms with E-state index in [-0.39, 0.29) is 24.4 Å². The Morgan fingerprint density at radius 1 is 1.24 bits per heavy atom. The van der Waals surface area contributed by atoms with Gasteiger partial charge in [0.15, 0.2) is 0 Å². The van der Waals surface area contributed by atoms with Crippen LogP contribution in [0.25, 0.3) is 0 Å². The van der Waals surface area contributed by atoms with Crippen LogP contribution >= 0.6 is 23.7 Å². The molecule has 2 aromatic rings. The largest absolute Gasteiger partial charge is 0.326 e. The second kappa shape index (κ2) is 8.82. The zero-order chi connectivity index (χ0) is 14.4. The van der Waals surface area contributed by atoms with Crippen LogP contribution in [0.4, 0.5) is 5.69 Å². The minimum Gasteiger partial charge on any atom is -0.326 e. The number of carbonyl (C=O) groups is 1. The third kappa shape index (κ3) is 5.50. The summed E-state index contributed by atoms with van der Waals surface area (Å²) >= 11 is 1.76. The molecule has 0 aliphatic heterocycles. The van der Waals surface area contributed by atoms with Crippen molar-refractivity contribution in [2.24, 2.45) is 0 Å². The molecule has 0 radical (unpaired) electrons. The van der Waals surface area contributed by atoms with Gasteiger partial charge in [0.1, 0.15) is 0 Å². The first-order chi connectivity index (χ1) is 9.69. The maximum atomic E-state index is 11.3. The molecule has 0 aliphatic rings. The lowest BCUT2D eigenvalue weighted by Crippen LogP contribution is -2.17. The van der Waals surface area contributed by atoms with Crippen LogP contribution < -0.4 is 10.6 Å². The highest BCUT2D eigenvalue weighted by Gasteiger charge is 2.06. The van der Waals surface area contributed by atoms with Gasteiger partial charge in [0.25, 0.3) is 0 Å². The molecule has 2 N–H and O–H groups in total. The van der Waals surface area contributed by atoms with E-state index in [0.29, 0.717) is 6.42 Å². The molecule has 3 nitrogen and oxygen atoms in total. The lowest BCUT2D eigenvalue weighted by atomic mass is 10.1. The number of hydrogen-bond acceptors (Lipinski definition) is 3. The third-order valence-electron chi connectivity index (χ3n) is 3.18. The molecule has 0 saturated carbocycles. The van der Waals surface area contributed by atoms with Gasteiger partial charge in [-0.1, -0.05) is 25.1 Å². The minimum atomic E-state index is 0. The van der Waals surface area contributed by atoms with Gasteiger partial charge in [-0.05, 0) is 36.1 Å². The van der Waals surface area contributed by atoms with E-state index in [1.54, 1.807) is 11.3 Å². The topological polar surface area (TPSA) is 41.1 Å². The van der Waals surface area contributed by atoms with Crippen molar-refractivity contribution in [2.75, 3.05) is 5.32 Å². The standard InChI is InChI=1S/C16H20N2OS.ClH/c1-3-16(19)18-14-8-6-13(7-9-14)12(2)17-11-15-5-4-10-20-15;/h4-10,12,17H,3,11H2,1-2H3,(H,18,19);1H. The van der Waals surface area contributed by atoms with E-state index in [1.807, 2.05) is 19.1 Å². The summed E-state index contributed by atoms with van der Waals surface area (Å²) in [4.78, 5) is 12.6.